The van der Waals surface area contributed by atoms with Crippen molar-refractivity contribution in [1.29, 1.82) is 0 Å². The Morgan fingerprint density at radius 3 is 2.68 bits per heavy atom. The van der Waals surface area contributed by atoms with E-state index in [4.69, 9.17) is 16.0 Å². The van der Waals surface area contributed by atoms with E-state index in [1.165, 1.54) is 0 Å². The molecule has 1 N–H and O–H groups in total. The van der Waals surface area contributed by atoms with Crippen molar-refractivity contribution in [2.75, 3.05) is 6.54 Å². The van der Waals surface area contributed by atoms with Crippen LogP contribution in [0.2, 0.25) is 5.02 Å². The molecule has 0 aliphatic carbocycles. The van der Waals surface area contributed by atoms with Crippen LogP contribution in [0.5, 0.6) is 0 Å². The van der Waals surface area contributed by atoms with Gasteiger partial charge in [-0.15, -0.1) is 0 Å². The second-order valence-electron chi connectivity index (χ2n) is 4.55. The largest absolute Gasteiger partial charge is 0.452 e. The number of rotatable bonds is 5. The number of aryl methyl sites for hydroxylation is 1. The summed E-state index contributed by atoms with van der Waals surface area (Å²) >= 11 is 9.71. The highest BCUT2D eigenvalue weighted by Gasteiger charge is 2.19. The summed E-state index contributed by atoms with van der Waals surface area (Å²) in [5, 5.41) is 4.24. The van der Waals surface area contributed by atoms with Gasteiger partial charge in [0.15, 0.2) is 4.67 Å². The maximum atomic E-state index is 6.37. The number of hydrogen-bond acceptors (Lipinski definition) is 2. The third-order valence-corrected chi connectivity index (χ3v) is 3.70. The zero-order valence-corrected chi connectivity index (χ0v) is 13.4. The van der Waals surface area contributed by atoms with E-state index >= 15 is 0 Å². The van der Waals surface area contributed by atoms with E-state index in [-0.39, 0.29) is 6.04 Å². The molecular weight excluding hydrogens is 326 g/mol. The molecule has 2 aromatic rings. The molecular formula is C15H17BrClNO. The minimum absolute atomic E-state index is 0.0145. The summed E-state index contributed by atoms with van der Waals surface area (Å²) in [6, 6.07) is 9.96. The number of nitrogens with one attached hydrogen (secondary N) is 1. The second-order valence-corrected chi connectivity index (χ2v) is 5.74. The summed E-state index contributed by atoms with van der Waals surface area (Å²) in [6.07, 6.45) is 1.06. The van der Waals surface area contributed by atoms with Crippen molar-refractivity contribution >= 4 is 27.5 Å². The fourth-order valence-corrected chi connectivity index (χ4v) is 2.67. The van der Waals surface area contributed by atoms with Gasteiger partial charge in [0.2, 0.25) is 0 Å². The van der Waals surface area contributed by atoms with Gasteiger partial charge in [-0.2, -0.15) is 0 Å². The van der Waals surface area contributed by atoms with Gasteiger partial charge in [0.05, 0.1) is 6.04 Å². The maximum absolute atomic E-state index is 6.37. The van der Waals surface area contributed by atoms with E-state index in [2.05, 4.69) is 40.3 Å². The van der Waals surface area contributed by atoms with Crippen molar-refractivity contribution in [3.63, 3.8) is 0 Å². The molecule has 0 aliphatic rings. The Morgan fingerprint density at radius 2 is 2.11 bits per heavy atom. The molecule has 1 aromatic heterocycles. The molecule has 0 spiro atoms. The molecule has 0 saturated heterocycles. The van der Waals surface area contributed by atoms with Gasteiger partial charge < -0.3 is 9.73 Å². The summed E-state index contributed by atoms with van der Waals surface area (Å²) in [5.74, 6) is 0.867. The van der Waals surface area contributed by atoms with E-state index in [1.54, 1.807) is 0 Å². The first kappa shape index (κ1) is 14.6. The lowest BCUT2D eigenvalue weighted by Gasteiger charge is -2.18. The van der Waals surface area contributed by atoms with Gasteiger partial charge >= 0.3 is 0 Å². The highest BCUT2D eigenvalue weighted by molar-refractivity contribution is 9.10. The Morgan fingerprint density at radius 1 is 1.32 bits per heavy atom. The Balaban J connectivity index is 2.36. The molecule has 1 heterocycles. The first-order chi connectivity index (χ1) is 9.11. The van der Waals surface area contributed by atoms with E-state index < -0.39 is 0 Å². The third-order valence-electron chi connectivity index (χ3n) is 2.94. The lowest BCUT2D eigenvalue weighted by atomic mass is 10.0. The molecule has 0 radical (unpaired) electrons. The van der Waals surface area contributed by atoms with Crippen LogP contribution in [0, 0.1) is 6.92 Å². The molecule has 1 atom stereocenters. The topological polar surface area (TPSA) is 25.2 Å². The van der Waals surface area contributed by atoms with Crippen molar-refractivity contribution in [1.82, 2.24) is 5.32 Å². The molecule has 0 fully saturated rings. The average molecular weight is 343 g/mol. The minimum Gasteiger partial charge on any atom is -0.452 e. The lowest BCUT2D eigenvalue weighted by molar-refractivity contribution is 0.433. The average Bonchev–Trinajstić information content (AvgIpc) is 2.78. The zero-order valence-electron chi connectivity index (χ0n) is 11.0. The van der Waals surface area contributed by atoms with Gasteiger partial charge in [-0.05, 0) is 65.1 Å². The normalized spacial score (nSPS) is 12.6. The molecule has 19 heavy (non-hydrogen) atoms. The van der Waals surface area contributed by atoms with Gasteiger partial charge in [0.25, 0.3) is 0 Å². The van der Waals surface area contributed by atoms with Crippen molar-refractivity contribution in [3.8, 4) is 0 Å². The van der Waals surface area contributed by atoms with Crippen LogP contribution in [0.4, 0.5) is 0 Å². The fraction of sp³-hybridized carbons (Fsp3) is 0.333. The molecule has 102 valence electrons. The predicted octanol–water partition coefficient (Wildman–Crippen LogP) is 5.09. The Bertz CT molecular complexity index is 553. The van der Waals surface area contributed by atoms with Crippen LogP contribution in [0.1, 0.15) is 36.3 Å². The van der Waals surface area contributed by atoms with E-state index in [0.29, 0.717) is 0 Å². The molecule has 4 heteroatoms. The summed E-state index contributed by atoms with van der Waals surface area (Å²) in [6.45, 7) is 5.08. The minimum atomic E-state index is -0.0145. The summed E-state index contributed by atoms with van der Waals surface area (Å²) in [5.41, 5.74) is 2.20. The standard InChI is InChI=1S/C15H17BrClNO/c1-3-8-18-15(13-6-7-14(16)19-13)11-5-4-10(2)9-12(11)17/h4-7,9,15,18H,3,8H2,1-2H3. The van der Waals surface area contributed by atoms with Gasteiger partial charge in [-0.25, -0.2) is 0 Å². The van der Waals surface area contributed by atoms with Crippen LogP contribution < -0.4 is 5.32 Å². The number of benzene rings is 1. The third kappa shape index (κ3) is 3.62. The van der Waals surface area contributed by atoms with E-state index in [1.807, 2.05) is 25.1 Å². The molecule has 1 unspecified atom stereocenters. The Labute approximate surface area is 127 Å². The molecule has 0 amide bonds. The summed E-state index contributed by atoms with van der Waals surface area (Å²) < 4.78 is 6.41. The first-order valence-corrected chi connectivity index (χ1v) is 7.53. The monoisotopic (exact) mass is 341 g/mol. The zero-order chi connectivity index (χ0) is 13.8. The second kappa shape index (κ2) is 6.60. The molecule has 0 aliphatic heterocycles. The van der Waals surface area contributed by atoms with Gasteiger partial charge in [-0.3, -0.25) is 0 Å². The van der Waals surface area contributed by atoms with Crippen LogP contribution in [-0.4, -0.2) is 6.54 Å². The maximum Gasteiger partial charge on any atom is 0.169 e. The molecule has 0 bridgehead atoms. The SMILES string of the molecule is CCCNC(c1ccc(Br)o1)c1ccc(C)cc1Cl. The van der Waals surface area contributed by atoms with Crippen molar-refractivity contribution in [2.24, 2.45) is 0 Å². The van der Waals surface area contributed by atoms with E-state index in [0.717, 1.165) is 39.5 Å². The lowest BCUT2D eigenvalue weighted by Crippen LogP contribution is -2.23. The van der Waals surface area contributed by atoms with Crippen molar-refractivity contribution in [3.05, 3.63) is 56.9 Å². The molecule has 2 nitrogen and oxygen atoms in total. The summed E-state index contributed by atoms with van der Waals surface area (Å²) in [7, 11) is 0. The number of hydrogen-bond donors (Lipinski definition) is 1. The quantitative estimate of drug-likeness (QED) is 0.818. The van der Waals surface area contributed by atoms with Gasteiger partial charge in [0.1, 0.15) is 5.76 Å². The van der Waals surface area contributed by atoms with Crippen molar-refractivity contribution < 1.29 is 4.42 Å². The Hall–Kier alpha value is -0.770. The van der Waals surface area contributed by atoms with E-state index in [9.17, 15) is 0 Å². The van der Waals surface area contributed by atoms with Crippen LogP contribution >= 0.6 is 27.5 Å². The molecule has 2 rings (SSSR count). The van der Waals surface area contributed by atoms with Crippen LogP contribution in [0.15, 0.2) is 39.4 Å². The first-order valence-electron chi connectivity index (χ1n) is 6.36. The Kier molecular flexibility index (Phi) is 5.08. The van der Waals surface area contributed by atoms with Crippen LogP contribution in [0.3, 0.4) is 0 Å². The number of halogens is 2. The number of furan rings is 1. The molecule has 1 aromatic carbocycles. The predicted molar refractivity (Wildman–Crippen MR) is 82.7 cm³/mol. The van der Waals surface area contributed by atoms with Gasteiger partial charge in [0, 0.05) is 5.02 Å². The highest BCUT2D eigenvalue weighted by Crippen LogP contribution is 2.31. The van der Waals surface area contributed by atoms with Crippen LogP contribution in [-0.2, 0) is 0 Å². The van der Waals surface area contributed by atoms with Gasteiger partial charge in [-0.1, -0.05) is 30.7 Å². The smallest absolute Gasteiger partial charge is 0.169 e. The van der Waals surface area contributed by atoms with Crippen molar-refractivity contribution in [2.45, 2.75) is 26.3 Å². The summed E-state index contributed by atoms with van der Waals surface area (Å²) in [4.78, 5) is 0. The molecule has 0 saturated carbocycles. The highest BCUT2D eigenvalue weighted by atomic mass is 79.9. The fourth-order valence-electron chi connectivity index (χ4n) is 2.00. The van der Waals surface area contributed by atoms with Crippen LogP contribution in [0.25, 0.3) is 0 Å².